The van der Waals surface area contributed by atoms with Gasteiger partial charge in [0, 0.05) is 36.7 Å². The summed E-state index contributed by atoms with van der Waals surface area (Å²) in [6.45, 7) is 0.139. The fourth-order valence-electron chi connectivity index (χ4n) is 2.36. The van der Waals surface area contributed by atoms with Gasteiger partial charge in [-0.2, -0.15) is 5.10 Å². The standard InChI is InChI=1S/C17H17N7O3/c18-15(25)4-5-20-17(27)23-12-3-1-2-11(8-12)22-16(26)13-9-21-24-7-6-19-10-14(13)24/h1-3,6-10H,4-5H2,(H2,18,25)(H,22,26)(H2,20,23,27). The van der Waals surface area contributed by atoms with Gasteiger partial charge in [0.15, 0.2) is 0 Å². The van der Waals surface area contributed by atoms with Crippen molar-refractivity contribution in [3.05, 3.63) is 54.6 Å². The molecule has 0 spiro atoms. The highest BCUT2D eigenvalue weighted by molar-refractivity contribution is 6.08. The van der Waals surface area contributed by atoms with Gasteiger partial charge in [-0.05, 0) is 18.2 Å². The molecule has 5 N–H and O–H groups in total. The zero-order chi connectivity index (χ0) is 19.2. The van der Waals surface area contributed by atoms with Crippen molar-refractivity contribution in [1.82, 2.24) is 19.9 Å². The van der Waals surface area contributed by atoms with E-state index < -0.39 is 11.9 Å². The summed E-state index contributed by atoms with van der Waals surface area (Å²) in [5.41, 5.74) is 6.95. The van der Waals surface area contributed by atoms with Crippen LogP contribution >= 0.6 is 0 Å². The minimum atomic E-state index is -0.497. The number of aromatic nitrogens is 3. The number of nitrogens with one attached hydrogen (secondary N) is 3. The topological polar surface area (TPSA) is 144 Å². The molecule has 4 amide bonds. The van der Waals surface area contributed by atoms with Crippen molar-refractivity contribution in [2.75, 3.05) is 17.2 Å². The van der Waals surface area contributed by atoms with Crippen molar-refractivity contribution >= 4 is 34.7 Å². The molecule has 1 aromatic carbocycles. The number of benzene rings is 1. The number of anilines is 2. The van der Waals surface area contributed by atoms with Crippen LogP contribution in [-0.2, 0) is 4.79 Å². The molecule has 0 bridgehead atoms. The van der Waals surface area contributed by atoms with Crippen LogP contribution in [0.4, 0.5) is 16.2 Å². The summed E-state index contributed by atoms with van der Waals surface area (Å²) in [4.78, 5) is 38.9. The maximum atomic E-state index is 12.5. The summed E-state index contributed by atoms with van der Waals surface area (Å²) in [6.07, 6.45) is 6.29. The summed E-state index contributed by atoms with van der Waals surface area (Å²) in [6, 6.07) is 6.18. The third kappa shape index (κ3) is 4.57. The number of primary amides is 1. The predicted molar refractivity (Wildman–Crippen MR) is 98.2 cm³/mol. The average molecular weight is 367 g/mol. The van der Waals surface area contributed by atoms with Crippen LogP contribution < -0.4 is 21.7 Å². The Morgan fingerprint density at radius 2 is 1.89 bits per heavy atom. The van der Waals surface area contributed by atoms with E-state index in [1.165, 1.54) is 6.20 Å². The minimum absolute atomic E-state index is 0.0536. The van der Waals surface area contributed by atoms with Crippen molar-refractivity contribution in [1.29, 1.82) is 0 Å². The van der Waals surface area contributed by atoms with Gasteiger partial charge in [-0.3, -0.25) is 14.6 Å². The molecule has 2 heterocycles. The van der Waals surface area contributed by atoms with Gasteiger partial charge in [-0.25, -0.2) is 9.31 Å². The maximum Gasteiger partial charge on any atom is 0.319 e. The lowest BCUT2D eigenvalue weighted by Gasteiger charge is -2.09. The van der Waals surface area contributed by atoms with E-state index in [9.17, 15) is 14.4 Å². The van der Waals surface area contributed by atoms with E-state index in [0.717, 1.165) is 0 Å². The molecule has 10 heteroatoms. The highest BCUT2D eigenvalue weighted by atomic mass is 16.2. The smallest absolute Gasteiger partial charge is 0.319 e. The number of carbonyl (C=O) groups excluding carboxylic acids is 3. The molecule has 0 saturated heterocycles. The number of nitrogens with zero attached hydrogens (tertiary/aromatic N) is 3. The van der Waals surface area contributed by atoms with Crippen molar-refractivity contribution < 1.29 is 14.4 Å². The predicted octanol–water partition coefficient (Wildman–Crippen LogP) is 0.978. The average Bonchev–Trinajstić information content (AvgIpc) is 3.06. The lowest BCUT2D eigenvalue weighted by Crippen LogP contribution is -2.31. The van der Waals surface area contributed by atoms with Gasteiger partial charge >= 0.3 is 6.03 Å². The number of carbonyl (C=O) groups is 3. The molecule has 0 unspecified atom stereocenters. The highest BCUT2D eigenvalue weighted by Gasteiger charge is 2.13. The summed E-state index contributed by atoms with van der Waals surface area (Å²) >= 11 is 0. The van der Waals surface area contributed by atoms with Gasteiger partial charge < -0.3 is 21.7 Å². The van der Waals surface area contributed by atoms with Gasteiger partial charge in [0.05, 0.1) is 23.5 Å². The summed E-state index contributed by atoms with van der Waals surface area (Å²) in [5.74, 6) is -0.844. The van der Waals surface area contributed by atoms with Crippen molar-refractivity contribution in [3.63, 3.8) is 0 Å². The molecule has 27 heavy (non-hydrogen) atoms. The molecule has 0 aliphatic carbocycles. The third-order valence-electron chi connectivity index (χ3n) is 3.60. The van der Waals surface area contributed by atoms with E-state index in [2.05, 4.69) is 26.0 Å². The summed E-state index contributed by atoms with van der Waals surface area (Å²) in [5, 5.41) is 12.0. The van der Waals surface area contributed by atoms with E-state index in [0.29, 0.717) is 22.5 Å². The molecule has 10 nitrogen and oxygen atoms in total. The van der Waals surface area contributed by atoms with Crippen LogP contribution in [0.1, 0.15) is 16.8 Å². The zero-order valence-corrected chi connectivity index (χ0v) is 14.2. The number of hydrogen-bond acceptors (Lipinski definition) is 5. The Hall–Kier alpha value is -3.95. The van der Waals surface area contributed by atoms with E-state index in [1.807, 2.05) is 0 Å². The number of nitrogens with two attached hydrogens (primary N) is 1. The van der Waals surface area contributed by atoms with E-state index in [1.54, 1.807) is 47.4 Å². The van der Waals surface area contributed by atoms with Gasteiger partial charge in [-0.15, -0.1) is 0 Å². The molecule has 0 fully saturated rings. The first kappa shape index (κ1) is 17.9. The second-order valence-electron chi connectivity index (χ2n) is 5.60. The molecule has 0 saturated carbocycles. The Labute approximate surface area is 153 Å². The van der Waals surface area contributed by atoms with E-state index in [4.69, 9.17) is 5.73 Å². The molecular formula is C17H17N7O3. The largest absolute Gasteiger partial charge is 0.370 e. The Morgan fingerprint density at radius 3 is 2.67 bits per heavy atom. The Kier molecular flexibility index (Phi) is 5.26. The molecule has 2 aromatic heterocycles. The zero-order valence-electron chi connectivity index (χ0n) is 14.2. The lowest BCUT2D eigenvalue weighted by atomic mass is 10.2. The first-order valence-corrected chi connectivity index (χ1v) is 8.05. The Balaban J connectivity index is 1.64. The first-order valence-electron chi connectivity index (χ1n) is 8.05. The van der Waals surface area contributed by atoms with Crippen molar-refractivity contribution in [2.24, 2.45) is 5.73 Å². The molecule has 3 rings (SSSR count). The molecule has 138 valence electrons. The number of rotatable bonds is 6. The SMILES string of the molecule is NC(=O)CCNC(=O)Nc1cccc(NC(=O)c2cnn3ccncc23)c1. The van der Waals surface area contributed by atoms with Crippen LogP contribution in [0.3, 0.4) is 0 Å². The van der Waals surface area contributed by atoms with E-state index in [-0.39, 0.29) is 18.9 Å². The first-order chi connectivity index (χ1) is 13.0. The normalized spacial score (nSPS) is 10.4. The van der Waals surface area contributed by atoms with Crippen molar-refractivity contribution in [2.45, 2.75) is 6.42 Å². The Bertz CT molecular complexity index is 999. The second kappa shape index (κ2) is 7.95. The third-order valence-corrected chi connectivity index (χ3v) is 3.60. The molecule has 0 atom stereocenters. The maximum absolute atomic E-state index is 12.5. The van der Waals surface area contributed by atoms with Gasteiger partial charge in [0.2, 0.25) is 5.91 Å². The Morgan fingerprint density at radius 1 is 1.11 bits per heavy atom. The minimum Gasteiger partial charge on any atom is -0.370 e. The summed E-state index contributed by atoms with van der Waals surface area (Å²) < 4.78 is 1.55. The van der Waals surface area contributed by atoms with Crippen LogP contribution in [-0.4, -0.2) is 39.0 Å². The van der Waals surface area contributed by atoms with Crippen LogP contribution in [0.2, 0.25) is 0 Å². The van der Waals surface area contributed by atoms with Crippen molar-refractivity contribution in [3.8, 4) is 0 Å². The number of urea groups is 1. The molecular weight excluding hydrogens is 350 g/mol. The molecule has 0 aliphatic rings. The fraction of sp³-hybridized carbons (Fsp3) is 0.118. The monoisotopic (exact) mass is 367 g/mol. The molecule has 3 aromatic rings. The quantitative estimate of drug-likeness (QED) is 0.513. The van der Waals surface area contributed by atoms with Crippen LogP contribution in [0.25, 0.3) is 5.52 Å². The van der Waals surface area contributed by atoms with Crippen LogP contribution in [0.15, 0.2) is 49.1 Å². The van der Waals surface area contributed by atoms with Gasteiger partial charge in [-0.1, -0.05) is 6.07 Å². The summed E-state index contributed by atoms with van der Waals surface area (Å²) in [7, 11) is 0. The number of fused-ring (bicyclic) bond motifs is 1. The fourth-order valence-corrected chi connectivity index (χ4v) is 2.36. The van der Waals surface area contributed by atoms with Gasteiger partial charge in [0.25, 0.3) is 5.91 Å². The highest BCUT2D eigenvalue weighted by Crippen LogP contribution is 2.17. The van der Waals surface area contributed by atoms with Gasteiger partial charge in [0.1, 0.15) is 0 Å². The van der Waals surface area contributed by atoms with E-state index >= 15 is 0 Å². The lowest BCUT2D eigenvalue weighted by molar-refractivity contribution is -0.117. The van der Waals surface area contributed by atoms with Crippen LogP contribution in [0.5, 0.6) is 0 Å². The number of amides is 4. The van der Waals surface area contributed by atoms with Crippen LogP contribution in [0, 0.1) is 0 Å². The molecule has 0 radical (unpaired) electrons. The second-order valence-corrected chi connectivity index (χ2v) is 5.60. The number of hydrogen-bond donors (Lipinski definition) is 4. The molecule has 0 aliphatic heterocycles.